The van der Waals surface area contributed by atoms with E-state index in [-0.39, 0.29) is 5.57 Å². The number of imidazole rings is 1. The average molecular weight is 347 g/mol. The van der Waals surface area contributed by atoms with E-state index in [9.17, 15) is 10.1 Å². The lowest BCUT2D eigenvalue weighted by Gasteiger charge is -2.07. The van der Waals surface area contributed by atoms with Gasteiger partial charge in [0.15, 0.2) is 0 Å². The van der Waals surface area contributed by atoms with Gasteiger partial charge in [-0.05, 0) is 50.1 Å². The normalized spacial score (nSPS) is 11.5. The highest BCUT2D eigenvalue weighted by Gasteiger charge is 2.14. The maximum absolute atomic E-state index is 12.5. The van der Waals surface area contributed by atoms with Crippen LogP contribution >= 0.6 is 0 Å². The molecule has 3 rings (SSSR count). The third kappa shape index (κ3) is 3.38. The molecule has 3 aromatic rings. The van der Waals surface area contributed by atoms with Crippen molar-refractivity contribution in [3.8, 4) is 6.07 Å². The van der Waals surface area contributed by atoms with Crippen molar-refractivity contribution in [1.82, 2.24) is 14.5 Å². The summed E-state index contributed by atoms with van der Waals surface area (Å²) < 4.78 is 2.19. The highest BCUT2D eigenvalue weighted by molar-refractivity contribution is 6.09. The number of hydrogen-bond donors (Lipinski definition) is 2. The van der Waals surface area contributed by atoms with Crippen LogP contribution in [0.25, 0.3) is 17.1 Å². The Hall–Kier alpha value is -3.33. The number of fused-ring (bicyclic) bond motifs is 1. The first-order valence-electron chi connectivity index (χ1n) is 8.58. The molecule has 132 valence electrons. The first-order valence-corrected chi connectivity index (χ1v) is 8.58. The minimum atomic E-state index is -0.480. The summed E-state index contributed by atoms with van der Waals surface area (Å²) in [6, 6.07) is 11.5. The predicted molar refractivity (Wildman–Crippen MR) is 103 cm³/mol. The number of aromatic nitrogens is 3. The number of carbonyl (C=O) groups is 1. The van der Waals surface area contributed by atoms with Crippen LogP contribution in [-0.2, 0) is 11.3 Å². The van der Waals surface area contributed by atoms with Gasteiger partial charge in [-0.2, -0.15) is 5.26 Å². The van der Waals surface area contributed by atoms with Gasteiger partial charge >= 0.3 is 0 Å². The first kappa shape index (κ1) is 17.5. The molecule has 0 saturated carbocycles. The number of rotatable bonds is 5. The van der Waals surface area contributed by atoms with Gasteiger partial charge in [0.05, 0.1) is 11.0 Å². The van der Waals surface area contributed by atoms with Crippen LogP contribution in [0.5, 0.6) is 0 Å². The van der Waals surface area contributed by atoms with Gasteiger partial charge in [-0.25, -0.2) is 4.98 Å². The monoisotopic (exact) mass is 347 g/mol. The lowest BCUT2D eigenvalue weighted by Crippen LogP contribution is -2.14. The van der Waals surface area contributed by atoms with Crippen molar-refractivity contribution in [2.24, 2.45) is 0 Å². The van der Waals surface area contributed by atoms with Crippen LogP contribution in [0, 0.1) is 25.2 Å². The number of H-pyrrole nitrogens is 1. The van der Waals surface area contributed by atoms with E-state index in [1.807, 2.05) is 50.2 Å². The van der Waals surface area contributed by atoms with Crippen LogP contribution in [0.4, 0.5) is 5.95 Å². The van der Waals surface area contributed by atoms with Gasteiger partial charge in [-0.3, -0.25) is 10.1 Å². The van der Waals surface area contributed by atoms with Crippen molar-refractivity contribution >= 4 is 29.0 Å². The second-order valence-electron chi connectivity index (χ2n) is 6.20. The summed E-state index contributed by atoms with van der Waals surface area (Å²) in [5, 5.41) is 12.1. The molecule has 2 aromatic heterocycles. The number of carbonyl (C=O) groups excluding carboxylic acids is 1. The predicted octanol–water partition coefficient (Wildman–Crippen LogP) is 3.94. The van der Waals surface area contributed by atoms with E-state index in [2.05, 4.69) is 26.8 Å². The number of nitrogens with one attached hydrogen (secondary N) is 2. The number of aromatic amines is 1. The molecular formula is C20H21N5O. The molecule has 1 aromatic carbocycles. The molecule has 1 amide bonds. The molecule has 0 bridgehead atoms. The van der Waals surface area contributed by atoms with Gasteiger partial charge in [-0.1, -0.05) is 19.1 Å². The van der Waals surface area contributed by atoms with Crippen molar-refractivity contribution < 1.29 is 4.79 Å². The van der Waals surface area contributed by atoms with Crippen LogP contribution in [0.2, 0.25) is 0 Å². The summed E-state index contributed by atoms with van der Waals surface area (Å²) in [6.45, 7) is 7.07. The zero-order valence-electron chi connectivity index (χ0n) is 15.1. The van der Waals surface area contributed by atoms with Gasteiger partial charge in [0.2, 0.25) is 5.95 Å². The highest BCUT2D eigenvalue weighted by Crippen LogP contribution is 2.19. The molecule has 0 aliphatic carbocycles. The minimum absolute atomic E-state index is 0.0437. The number of nitriles is 1. The largest absolute Gasteiger partial charge is 0.349 e. The molecule has 0 fully saturated rings. The van der Waals surface area contributed by atoms with E-state index < -0.39 is 5.91 Å². The quantitative estimate of drug-likeness (QED) is 0.541. The molecular weight excluding hydrogens is 326 g/mol. The summed E-state index contributed by atoms with van der Waals surface area (Å²) in [5.41, 5.74) is 4.68. The third-order valence-corrected chi connectivity index (χ3v) is 4.35. The molecule has 0 aliphatic rings. The van der Waals surface area contributed by atoms with E-state index in [1.54, 1.807) is 6.08 Å². The van der Waals surface area contributed by atoms with E-state index >= 15 is 0 Å². The van der Waals surface area contributed by atoms with Gasteiger partial charge in [0.25, 0.3) is 5.91 Å². The lowest BCUT2D eigenvalue weighted by molar-refractivity contribution is -0.112. The summed E-state index contributed by atoms with van der Waals surface area (Å²) >= 11 is 0. The van der Waals surface area contributed by atoms with Crippen molar-refractivity contribution in [1.29, 1.82) is 5.26 Å². The van der Waals surface area contributed by atoms with E-state index in [0.717, 1.165) is 41.0 Å². The molecule has 0 unspecified atom stereocenters. The van der Waals surface area contributed by atoms with Crippen LogP contribution in [0.3, 0.4) is 0 Å². The number of benzene rings is 1. The van der Waals surface area contributed by atoms with Gasteiger partial charge in [0.1, 0.15) is 11.6 Å². The number of nitrogens with zero attached hydrogens (tertiary/aromatic N) is 3. The summed E-state index contributed by atoms with van der Waals surface area (Å²) in [4.78, 5) is 19.8. The van der Waals surface area contributed by atoms with Gasteiger partial charge < -0.3 is 9.55 Å². The Morgan fingerprint density at radius 2 is 2.15 bits per heavy atom. The zero-order valence-corrected chi connectivity index (χ0v) is 15.1. The summed E-state index contributed by atoms with van der Waals surface area (Å²) in [7, 11) is 0. The van der Waals surface area contributed by atoms with E-state index in [4.69, 9.17) is 0 Å². The Balaban J connectivity index is 1.86. The van der Waals surface area contributed by atoms with Crippen molar-refractivity contribution in [2.45, 2.75) is 33.7 Å². The van der Waals surface area contributed by atoms with Gasteiger partial charge in [-0.15, -0.1) is 0 Å². The van der Waals surface area contributed by atoms with E-state index in [0.29, 0.717) is 5.95 Å². The van der Waals surface area contributed by atoms with Gasteiger partial charge in [0, 0.05) is 17.9 Å². The van der Waals surface area contributed by atoms with Crippen LogP contribution in [0.15, 0.2) is 35.9 Å². The molecule has 2 N–H and O–H groups in total. The summed E-state index contributed by atoms with van der Waals surface area (Å²) in [5.74, 6) is -0.152. The van der Waals surface area contributed by atoms with Crippen molar-refractivity contribution in [2.75, 3.05) is 5.32 Å². The van der Waals surface area contributed by atoms with Crippen LogP contribution in [-0.4, -0.2) is 20.4 Å². The smallest absolute Gasteiger partial charge is 0.268 e. The Morgan fingerprint density at radius 1 is 1.38 bits per heavy atom. The molecule has 0 radical (unpaired) electrons. The van der Waals surface area contributed by atoms with Crippen LogP contribution in [0.1, 0.15) is 30.3 Å². The Morgan fingerprint density at radius 3 is 2.85 bits per heavy atom. The number of para-hydroxylation sites is 2. The standard InChI is InChI=1S/C20H21N5O/c1-4-9-25-13(2)10-15(14(25)3)11-16(12-21)19(26)24-20-22-17-7-5-6-8-18(17)23-20/h5-8,10-11H,4,9H2,1-3H3,(H2,22,23,24,26)/b16-11-. The SMILES string of the molecule is CCCn1c(C)cc(/C=C(/C#N)C(=O)Nc2nc3ccccc3[nH]2)c1C. The molecule has 0 spiro atoms. The van der Waals surface area contributed by atoms with Crippen LogP contribution < -0.4 is 5.32 Å². The molecule has 26 heavy (non-hydrogen) atoms. The molecule has 6 heteroatoms. The Labute approximate surface area is 152 Å². The molecule has 0 atom stereocenters. The average Bonchev–Trinajstić information content (AvgIpc) is 3.14. The second kappa shape index (κ2) is 7.28. The molecule has 2 heterocycles. The van der Waals surface area contributed by atoms with Crippen molar-refractivity contribution in [3.63, 3.8) is 0 Å². The van der Waals surface area contributed by atoms with Crippen molar-refractivity contribution in [3.05, 3.63) is 52.9 Å². The zero-order chi connectivity index (χ0) is 18.7. The number of amides is 1. The minimum Gasteiger partial charge on any atom is -0.349 e. The molecule has 0 saturated heterocycles. The maximum Gasteiger partial charge on any atom is 0.268 e. The Kier molecular flexibility index (Phi) is 4.90. The molecule has 6 nitrogen and oxygen atoms in total. The number of hydrogen-bond acceptors (Lipinski definition) is 3. The fourth-order valence-electron chi connectivity index (χ4n) is 3.03. The fourth-order valence-corrected chi connectivity index (χ4v) is 3.03. The number of aryl methyl sites for hydroxylation is 1. The Bertz CT molecular complexity index is 999. The topological polar surface area (TPSA) is 86.5 Å². The number of anilines is 1. The first-order chi connectivity index (χ1) is 12.5. The lowest BCUT2D eigenvalue weighted by atomic mass is 10.1. The highest BCUT2D eigenvalue weighted by atomic mass is 16.1. The van der Waals surface area contributed by atoms with E-state index in [1.165, 1.54) is 0 Å². The maximum atomic E-state index is 12.5. The third-order valence-electron chi connectivity index (χ3n) is 4.35. The molecule has 0 aliphatic heterocycles. The summed E-state index contributed by atoms with van der Waals surface area (Å²) in [6.07, 6.45) is 2.66. The second-order valence-corrected chi connectivity index (χ2v) is 6.20. The fraction of sp³-hybridized carbons (Fsp3) is 0.250.